The van der Waals surface area contributed by atoms with Gasteiger partial charge in [0.2, 0.25) is 0 Å². The number of β-amino-alcohol motifs (C(OH)–C–C–N with tert-alkyl or cyclic N) is 1. The van der Waals surface area contributed by atoms with Crippen molar-refractivity contribution in [2.75, 3.05) is 13.1 Å². The molecule has 23 heavy (non-hydrogen) atoms. The summed E-state index contributed by atoms with van der Waals surface area (Å²) in [4.78, 5) is 2.08. The topological polar surface area (TPSA) is 23.5 Å². The first-order chi connectivity index (χ1) is 10.9. The zero-order valence-corrected chi connectivity index (χ0v) is 13.2. The summed E-state index contributed by atoms with van der Waals surface area (Å²) >= 11 is 0. The van der Waals surface area contributed by atoms with Crippen LogP contribution in [0.15, 0.2) is 24.3 Å². The third kappa shape index (κ3) is 4.98. The van der Waals surface area contributed by atoms with Gasteiger partial charge in [0.05, 0.1) is 11.7 Å². The van der Waals surface area contributed by atoms with Gasteiger partial charge in [0, 0.05) is 19.0 Å². The lowest BCUT2D eigenvalue weighted by molar-refractivity contribution is -0.137. The average Bonchev–Trinajstić information content (AvgIpc) is 2.87. The highest BCUT2D eigenvalue weighted by Crippen LogP contribution is 2.36. The maximum atomic E-state index is 12.9. The summed E-state index contributed by atoms with van der Waals surface area (Å²) in [6, 6.07) is 5.30. The summed E-state index contributed by atoms with van der Waals surface area (Å²) in [7, 11) is 0. The average molecular weight is 325 g/mol. The van der Waals surface area contributed by atoms with Gasteiger partial charge in [-0.05, 0) is 50.4 Å². The van der Waals surface area contributed by atoms with Crippen LogP contribution in [0.25, 0.3) is 0 Å². The van der Waals surface area contributed by atoms with E-state index in [-0.39, 0.29) is 6.04 Å². The number of alkyl halides is 3. The second-order valence-electron chi connectivity index (χ2n) is 5.91. The number of likely N-dealkylation sites (tertiary alicyclic amines) is 1. The summed E-state index contributed by atoms with van der Waals surface area (Å²) in [5.74, 6) is 5.85. The van der Waals surface area contributed by atoms with E-state index in [9.17, 15) is 18.3 Å². The maximum Gasteiger partial charge on any atom is 0.416 e. The molecular formula is C18H22F3NO. The standard InChI is InChI=1S/C18H22F3NO/c1-2-3-4-5-6-10-22-13-16(23)12-17(22)14-8-7-9-15(11-14)18(19,20)21/h7-9,11,16-17,23H,4-6,10,12-13H2,1H3. The van der Waals surface area contributed by atoms with E-state index in [0.717, 1.165) is 31.9 Å². The predicted octanol–water partition coefficient (Wildman–Crippen LogP) is 4.01. The van der Waals surface area contributed by atoms with Gasteiger partial charge in [-0.2, -0.15) is 13.2 Å². The lowest BCUT2D eigenvalue weighted by atomic mass is 10.0. The molecule has 0 spiro atoms. The summed E-state index contributed by atoms with van der Waals surface area (Å²) in [6.45, 7) is 3.09. The van der Waals surface area contributed by atoms with Gasteiger partial charge < -0.3 is 5.11 Å². The third-order valence-electron chi connectivity index (χ3n) is 4.15. The Bertz CT molecular complexity index is 574. The number of unbranched alkanes of at least 4 members (excludes halogenated alkanes) is 2. The molecule has 0 saturated carbocycles. The van der Waals surface area contributed by atoms with Gasteiger partial charge in [-0.15, -0.1) is 11.8 Å². The van der Waals surface area contributed by atoms with E-state index in [2.05, 4.69) is 16.7 Å². The van der Waals surface area contributed by atoms with Crippen LogP contribution in [0.3, 0.4) is 0 Å². The van der Waals surface area contributed by atoms with E-state index in [1.165, 1.54) is 12.1 Å². The molecule has 0 radical (unpaired) electrons. The van der Waals surface area contributed by atoms with Crippen LogP contribution in [0.5, 0.6) is 0 Å². The van der Waals surface area contributed by atoms with E-state index in [1.807, 2.05) is 0 Å². The number of nitrogens with zero attached hydrogens (tertiary/aromatic N) is 1. The fraction of sp³-hybridized carbons (Fsp3) is 0.556. The normalized spacial score (nSPS) is 22.0. The number of hydrogen-bond acceptors (Lipinski definition) is 2. The molecule has 1 N–H and O–H groups in total. The fourth-order valence-corrected chi connectivity index (χ4v) is 3.05. The second-order valence-corrected chi connectivity index (χ2v) is 5.91. The fourth-order valence-electron chi connectivity index (χ4n) is 3.05. The minimum absolute atomic E-state index is 0.149. The molecule has 1 aromatic rings. The molecule has 1 heterocycles. The predicted molar refractivity (Wildman–Crippen MR) is 83.7 cm³/mol. The molecule has 2 nitrogen and oxygen atoms in total. The molecule has 0 bridgehead atoms. The number of rotatable bonds is 5. The lowest BCUT2D eigenvalue weighted by Crippen LogP contribution is -2.26. The van der Waals surface area contributed by atoms with Crippen LogP contribution in [0.2, 0.25) is 0 Å². The highest BCUT2D eigenvalue weighted by Gasteiger charge is 2.34. The van der Waals surface area contributed by atoms with Crippen LogP contribution < -0.4 is 0 Å². The largest absolute Gasteiger partial charge is 0.416 e. The molecule has 0 aliphatic carbocycles. The van der Waals surface area contributed by atoms with Gasteiger partial charge in [-0.1, -0.05) is 12.1 Å². The van der Waals surface area contributed by atoms with Gasteiger partial charge >= 0.3 is 6.18 Å². The van der Waals surface area contributed by atoms with Gasteiger partial charge in [0.25, 0.3) is 0 Å². The van der Waals surface area contributed by atoms with Gasteiger partial charge in [-0.3, -0.25) is 4.90 Å². The van der Waals surface area contributed by atoms with Crippen molar-refractivity contribution >= 4 is 0 Å². The molecule has 2 unspecified atom stereocenters. The van der Waals surface area contributed by atoms with Gasteiger partial charge in [0.1, 0.15) is 0 Å². The molecule has 1 fully saturated rings. The molecule has 1 saturated heterocycles. The minimum atomic E-state index is -4.34. The summed E-state index contributed by atoms with van der Waals surface area (Å²) in [5, 5.41) is 9.92. The Labute approximate surface area is 135 Å². The number of aliphatic hydroxyl groups excluding tert-OH is 1. The van der Waals surface area contributed by atoms with Crippen LogP contribution >= 0.6 is 0 Å². The summed E-state index contributed by atoms with van der Waals surface area (Å²) in [6.07, 6.45) is -1.61. The maximum absolute atomic E-state index is 12.9. The van der Waals surface area contributed by atoms with Crippen LogP contribution in [-0.2, 0) is 6.18 Å². The zero-order valence-electron chi connectivity index (χ0n) is 13.2. The smallest absolute Gasteiger partial charge is 0.392 e. The minimum Gasteiger partial charge on any atom is -0.392 e. The molecule has 5 heteroatoms. The zero-order chi connectivity index (χ0) is 16.9. The molecule has 1 aromatic carbocycles. The summed E-state index contributed by atoms with van der Waals surface area (Å²) in [5.41, 5.74) is -0.000662. The molecule has 2 atom stereocenters. The van der Waals surface area contributed by atoms with Gasteiger partial charge in [0.15, 0.2) is 0 Å². The first-order valence-electron chi connectivity index (χ1n) is 7.90. The molecular weight excluding hydrogens is 303 g/mol. The number of halogens is 3. The SMILES string of the molecule is CC#CCCCCN1CC(O)CC1c1cccc(C(F)(F)F)c1. The molecule has 2 rings (SSSR count). The van der Waals surface area contributed by atoms with Crippen LogP contribution in [0, 0.1) is 11.8 Å². The summed E-state index contributed by atoms with van der Waals surface area (Å²) < 4.78 is 38.6. The Morgan fingerprint density at radius 3 is 2.78 bits per heavy atom. The number of hydrogen-bond donors (Lipinski definition) is 1. The van der Waals surface area contributed by atoms with Crippen LogP contribution in [-0.4, -0.2) is 29.2 Å². The second kappa shape index (κ2) is 7.85. The number of benzene rings is 1. The van der Waals surface area contributed by atoms with Crippen LogP contribution in [0.1, 0.15) is 49.8 Å². The van der Waals surface area contributed by atoms with Crippen molar-refractivity contribution in [3.8, 4) is 11.8 Å². The van der Waals surface area contributed by atoms with E-state index >= 15 is 0 Å². The highest BCUT2D eigenvalue weighted by molar-refractivity contribution is 5.29. The Hall–Kier alpha value is -1.51. The quantitative estimate of drug-likeness (QED) is 0.653. The number of aliphatic hydroxyl groups is 1. The molecule has 0 aromatic heterocycles. The van der Waals surface area contributed by atoms with Crippen molar-refractivity contribution in [2.45, 2.75) is 50.9 Å². The van der Waals surface area contributed by atoms with E-state index in [4.69, 9.17) is 0 Å². The van der Waals surface area contributed by atoms with Crippen molar-refractivity contribution < 1.29 is 18.3 Å². The highest BCUT2D eigenvalue weighted by atomic mass is 19.4. The van der Waals surface area contributed by atoms with E-state index < -0.39 is 17.8 Å². The van der Waals surface area contributed by atoms with Crippen molar-refractivity contribution in [1.29, 1.82) is 0 Å². The van der Waals surface area contributed by atoms with Crippen molar-refractivity contribution in [3.63, 3.8) is 0 Å². The van der Waals surface area contributed by atoms with E-state index in [1.54, 1.807) is 13.0 Å². The first-order valence-corrected chi connectivity index (χ1v) is 7.90. The molecule has 0 amide bonds. The molecule has 1 aliphatic heterocycles. The Morgan fingerprint density at radius 2 is 2.09 bits per heavy atom. The van der Waals surface area contributed by atoms with E-state index in [0.29, 0.717) is 18.5 Å². The Morgan fingerprint density at radius 1 is 1.30 bits per heavy atom. The molecule has 126 valence electrons. The van der Waals surface area contributed by atoms with Crippen molar-refractivity contribution in [3.05, 3.63) is 35.4 Å². The monoisotopic (exact) mass is 325 g/mol. The lowest BCUT2D eigenvalue weighted by Gasteiger charge is -2.25. The first kappa shape index (κ1) is 17.8. The van der Waals surface area contributed by atoms with Crippen LogP contribution in [0.4, 0.5) is 13.2 Å². The van der Waals surface area contributed by atoms with Crippen molar-refractivity contribution in [1.82, 2.24) is 4.90 Å². The third-order valence-corrected chi connectivity index (χ3v) is 4.15. The van der Waals surface area contributed by atoms with Crippen molar-refractivity contribution in [2.24, 2.45) is 0 Å². The Balaban J connectivity index is 2.05. The molecule has 1 aliphatic rings. The van der Waals surface area contributed by atoms with Gasteiger partial charge in [-0.25, -0.2) is 0 Å². The Kier molecular flexibility index (Phi) is 6.09.